The van der Waals surface area contributed by atoms with E-state index in [-0.39, 0.29) is 41.1 Å². The highest BCUT2D eigenvalue weighted by atomic mass is 19.4. The van der Waals surface area contributed by atoms with Gasteiger partial charge in [0.05, 0.1) is 11.3 Å². The minimum absolute atomic E-state index is 0.00566. The molecular formula is C26H20F7N3. The summed E-state index contributed by atoms with van der Waals surface area (Å²) in [6, 6.07) is 5.58. The van der Waals surface area contributed by atoms with Crippen molar-refractivity contribution in [2.75, 3.05) is 0 Å². The molecule has 36 heavy (non-hydrogen) atoms. The van der Waals surface area contributed by atoms with Crippen molar-refractivity contribution in [3.05, 3.63) is 94.6 Å². The van der Waals surface area contributed by atoms with Gasteiger partial charge in [0.2, 0.25) is 0 Å². The van der Waals surface area contributed by atoms with Gasteiger partial charge in [0.15, 0.2) is 5.82 Å². The van der Waals surface area contributed by atoms with Crippen LogP contribution in [0.5, 0.6) is 0 Å². The fourth-order valence-electron chi connectivity index (χ4n) is 3.83. The molecule has 0 N–H and O–H groups in total. The number of allylic oxidation sites excluding steroid dienone is 4. The number of aryl methyl sites for hydroxylation is 2. The Labute approximate surface area is 202 Å². The summed E-state index contributed by atoms with van der Waals surface area (Å²) in [4.78, 5) is 12.4. The van der Waals surface area contributed by atoms with Crippen molar-refractivity contribution >= 4 is 5.57 Å². The molecule has 1 aromatic carbocycles. The Morgan fingerprint density at radius 1 is 0.917 bits per heavy atom. The number of halogens is 7. The Balaban J connectivity index is 1.76. The Bertz CT molecular complexity index is 1340. The second kappa shape index (κ2) is 9.83. The Morgan fingerprint density at radius 2 is 1.69 bits per heavy atom. The van der Waals surface area contributed by atoms with E-state index in [0.717, 1.165) is 25.1 Å². The van der Waals surface area contributed by atoms with Crippen LogP contribution in [-0.2, 0) is 19.0 Å². The van der Waals surface area contributed by atoms with Crippen LogP contribution in [-0.4, -0.2) is 20.9 Å². The molecule has 0 aliphatic heterocycles. The quantitative estimate of drug-likeness (QED) is 0.327. The number of nitrogens with zero attached hydrogens (tertiary/aromatic N) is 3. The third-order valence-corrected chi connectivity index (χ3v) is 5.71. The summed E-state index contributed by atoms with van der Waals surface area (Å²) in [6.45, 7) is 0.778. The highest BCUT2D eigenvalue weighted by Crippen LogP contribution is 2.35. The van der Waals surface area contributed by atoms with E-state index in [0.29, 0.717) is 30.3 Å². The van der Waals surface area contributed by atoms with Crippen LogP contribution in [0.4, 0.5) is 30.7 Å². The standard InChI is InChI=1S/C26H20F7N3/c1-25(29,30)18-4-2-3-16(9-18)23-12-21(8-6-15-5-7-20(27)11-22(15)28)35-24(36-23)17-10-19(14-34-13-17)26(31,32)33/h4-5,7,9-14H,2-3,6,8H2,1H3. The van der Waals surface area contributed by atoms with Gasteiger partial charge in [0, 0.05) is 42.2 Å². The van der Waals surface area contributed by atoms with Crippen LogP contribution >= 0.6 is 0 Å². The molecule has 0 saturated heterocycles. The third kappa shape index (κ3) is 5.98. The normalized spacial score (nSPS) is 14.4. The van der Waals surface area contributed by atoms with Crippen LogP contribution in [0.2, 0.25) is 0 Å². The maximum Gasteiger partial charge on any atom is 0.417 e. The van der Waals surface area contributed by atoms with Gasteiger partial charge in [-0.3, -0.25) is 4.98 Å². The predicted octanol–water partition coefficient (Wildman–Crippen LogP) is 7.38. The van der Waals surface area contributed by atoms with Crippen LogP contribution in [0.25, 0.3) is 17.0 Å². The average molecular weight is 507 g/mol. The van der Waals surface area contributed by atoms with Crippen LogP contribution in [0.3, 0.4) is 0 Å². The second-order valence-corrected chi connectivity index (χ2v) is 8.52. The lowest BCUT2D eigenvalue weighted by Gasteiger charge is -2.19. The van der Waals surface area contributed by atoms with E-state index in [1.807, 2.05) is 0 Å². The number of benzene rings is 1. The van der Waals surface area contributed by atoms with Crippen LogP contribution in [0, 0.1) is 11.6 Å². The molecule has 3 aromatic rings. The lowest BCUT2D eigenvalue weighted by atomic mass is 9.93. The highest BCUT2D eigenvalue weighted by Gasteiger charge is 2.31. The fraction of sp³-hybridized carbons (Fsp3) is 0.269. The van der Waals surface area contributed by atoms with Gasteiger partial charge in [-0.2, -0.15) is 13.2 Å². The Morgan fingerprint density at radius 3 is 2.39 bits per heavy atom. The van der Waals surface area contributed by atoms with Crippen molar-refractivity contribution in [2.24, 2.45) is 0 Å². The molecule has 1 aliphatic carbocycles. The molecule has 1 aliphatic rings. The topological polar surface area (TPSA) is 38.7 Å². The molecule has 2 aromatic heterocycles. The van der Waals surface area contributed by atoms with Crippen LogP contribution in [0.15, 0.2) is 60.5 Å². The molecule has 0 fully saturated rings. The van der Waals surface area contributed by atoms with E-state index in [1.54, 1.807) is 6.07 Å². The molecule has 0 radical (unpaired) electrons. The number of rotatable bonds is 6. The summed E-state index contributed by atoms with van der Waals surface area (Å²) in [5, 5.41) is 0. The van der Waals surface area contributed by atoms with E-state index >= 15 is 0 Å². The molecule has 2 heterocycles. The molecule has 0 atom stereocenters. The zero-order valence-corrected chi connectivity index (χ0v) is 19.0. The molecule has 0 bridgehead atoms. The summed E-state index contributed by atoms with van der Waals surface area (Å²) >= 11 is 0. The zero-order valence-electron chi connectivity index (χ0n) is 19.0. The van der Waals surface area contributed by atoms with Gasteiger partial charge in [-0.1, -0.05) is 12.1 Å². The molecule has 0 spiro atoms. The predicted molar refractivity (Wildman–Crippen MR) is 120 cm³/mol. The molecule has 10 heteroatoms. The molecular weight excluding hydrogens is 487 g/mol. The number of aromatic nitrogens is 3. The van der Waals surface area contributed by atoms with Gasteiger partial charge >= 0.3 is 6.18 Å². The van der Waals surface area contributed by atoms with E-state index < -0.39 is 29.3 Å². The first-order valence-electron chi connectivity index (χ1n) is 11.0. The summed E-state index contributed by atoms with van der Waals surface area (Å²) in [6.07, 6.45) is 0.978. The van der Waals surface area contributed by atoms with Gasteiger partial charge in [0.1, 0.15) is 11.6 Å². The van der Waals surface area contributed by atoms with Crippen molar-refractivity contribution in [1.29, 1.82) is 0 Å². The summed E-state index contributed by atoms with van der Waals surface area (Å²) in [5.41, 5.74) is 0.168. The van der Waals surface area contributed by atoms with E-state index in [1.165, 1.54) is 24.4 Å². The first-order valence-corrected chi connectivity index (χ1v) is 11.0. The SMILES string of the molecule is CC(F)(F)C1=CCCC(c2cc(CCc3ccc(F)cc3F)nc(-c3cncc(C(F)(F)F)c3)n2)=C1. The van der Waals surface area contributed by atoms with Gasteiger partial charge in [-0.05, 0) is 61.1 Å². The lowest BCUT2D eigenvalue weighted by molar-refractivity contribution is -0.137. The van der Waals surface area contributed by atoms with Crippen molar-refractivity contribution < 1.29 is 30.7 Å². The van der Waals surface area contributed by atoms with Crippen LogP contribution < -0.4 is 0 Å². The summed E-state index contributed by atoms with van der Waals surface area (Å²) in [7, 11) is 0. The summed E-state index contributed by atoms with van der Waals surface area (Å²) in [5.74, 6) is -4.60. The second-order valence-electron chi connectivity index (χ2n) is 8.52. The van der Waals surface area contributed by atoms with Crippen molar-refractivity contribution in [3.63, 3.8) is 0 Å². The van der Waals surface area contributed by atoms with E-state index in [9.17, 15) is 30.7 Å². The number of alkyl halides is 5. The zero-order chi connectivity index (χ0) is 26.1. The number of hydrogen-bond acceptors (Lipinski definition) is 3. The number of hydrogen-bond donors (Lipinski definition) is 0. The monoisotopic (exact) mass is 507 g/mol. The largest absolute Gasteiger partial charge is 0.417 e. The molecule has 0 unspecified atom stereocenters. The van der Waals surface area contributed by atoms with E-state index in [2.05, 4.69) is 15.0 Å². The van der Waals surface area contributed by atoms with Crippen molar-refractivity contribution in [1.82, 2.24) is 15.0 Å². The lowest BCUT2D eigenvalue weighted by Crippen LogP contribution is -2.14. The first kappa shape index (κ1) is 25.5. The minimum Gasteiger partial charge on any atom is -0.263 e. The maximum atomic E-state index is 14.1. The maximum absolute atomic E-state index is 14.1. The highest BCUT2D eigenvalue weighted by molar-refractivity contribution is 5.70. The van der Waals surface area contributed by atoms with Crippen molar-refractivity contribution in [3.8, 4) is 11.4 Å². The van der Waals surface area contributed by atoms with Crippen molar-refractivity contribution in [2.45, 2.75) is 44.7 Å². The van der Waals surface area contributed by atoms with Gasteiger partial charge in [-0.15, -0.1) is 0 Å². The molecule has 3 nitrogen and oxygen atoms in total. The van der Waals surface area contributed by atoms with Gasteiger partial charge < -0.3 is 0 Å². The fourth-order valence-corrected chi connectivity index (χ4v) is 3.83. The Hall–Kier alpha value is -3.56. The third-order valence-electron chi connectivity index (χ3n) is 5.71. The molecule has 188 valence electrons. The van der Waals surface area contributed by atoms with Gasteiger partial charge in [-0.25, -0.2) is 27.5 Å². The minimum atomic E-state index is -4.64. The van der Waals surface area contributed by atoms with Crippen LogP contribution in [0.1, 0.15) is 42.3 Å². The van der Waals surface area contributed by atoms with Gasteiger partial charge in [0.25, 0.3) is 5.92 Å². The molecule has 0 amide bonds. The Kier molecular flexibility index (Phi) is 6.97. The first-order chi connectivity index (χ1) is 16.9. The van der Waals surface area contributed by atoms with E-state index in [4.69, 9.17) is 0 Å². The molecule has 4 rings (SSSR count). The molecule has 0 saturated carbocycles. The number of pyridine rings is 1. The smallest absolute Gasteiger partial charge is 0.263 e. The average Bonchev–Trinajstić information content (AvgIpc) is 2.82. The summed E-state index contributed by atoms with van der Waals surface area (Å²) < 4.78 is 94.9.